The molecule has 0 saturated carbocycles. The van der Waals surface area contributed by atoms with E-state index in [1.807, 2.05) is 6.08 Å². The Balaban J connectivity index is 2.14. The molecule has 0 aliphatic carbocycles. The first kappa shape index (κ1) is 12.0. The summed E-state index contributed by atoms with van der Waals surface area (Å²) in [6.45, 7) is 4.42. The van der Waals surface area contributed by atoms with E-state index in [-0.39, 0.29) is 11.5 Å². The normalized spacial score (nSPS) is 20.4. The van der Waals surface area contributed by atoms with Crippen molar-refractivity contribution in [1.82, 2.24) is 0 Å². The number of fused-ring (bicyclic) bond motifs is 2. The summed E-state index contributed by atoms with van der Waals surface area (Å²) in [7, 11) is 0. The molecule has 2 heteroatoms. The zero-order valence-electron chi connectivity index (χ0n) is 11.2. The third kappa shape index (κ3) is 1.84. The van der Waals surface area contributed by atoms with Gasteiger partial charge in [-0.25, -0.2) is 0 Å². The lowest BCUT2D eigenvalue weighted by molar-refractivity contribution is -0.104. The third-order valence-electron chi connectivity index (χ3n) is 4.05. The maximum atomic E-state index is 10.5. The van der Waals surface area contributed by atoms with Gasteiger partial charge in [-0.05, 0) is 34.5 Å². The number of hydrogen-bond donors (Lipinski definition) is 1. The Kier molecular flexibility index (Phi) is 2.67. The van der Waals surface area contributed by atoms with Crippen molar-refractivity contribution >= 4 is 22.7 Å². The minimum Gasteiger partial charge on any atom is -0.378 e. The van der Waals surface area contributed by atoms with Crippen LogP contribution in [0.25, 0.3) is 10.8 Å². The Morgan fingerprint density at radius 2 is 1.84 bits per heavy atom. The number of allylic oxidation sites excluding steroid dienone is 1. The van der Waals surface area contributed by atoms with E-state index in [9.17, 15) is 4.79 Å². The second-order valence-corrected chi connectivity index (χ2v) is 5.61. The van der Waals surface area contributed by atoms with Crippen molar-refractivity contribution in [3.05, 3.63) is 54.1 Å². The summed E-state index contributed by atoms with van der Waals surface area (Å²) >= 11 is 0. The topological polar surface area (TPSA) is 29.1 Å². The molecule has 2 nitrogen and oxygen atoms in total. The van der Waals surface area contributed by atoms with Gasteiger partial charge in [-0.3, -0.25) is 4.79 Å². The fraction of sp³-hybridized carbons (Fsp3) is 0.235. The van der Waals surface area contributed by atoms with E-state index in [0.29, 0.717) is 0 Å². The summed E-state index contributed by atoms with van der Waals surface area (Å²) in [5.74, 6) is 0. The summed E-state index contributed by atoms with van der Waals surface area (Å²) < 4.78 is 0. The molecule has 1 unspecified atom stereocenters. The second kappa shape index (κ2) is 4.23. The van der Waals surface area contributed by atoms with Crippen LogP contribution in [-0.4, -0.2) is 12.3 Å². The van der Waals surface area contributed by atoms with Crippen LogP contribution in [0.5, 0.6) is 0 Å². The first-order valence-corrected chi connectivity index (χ1v) is 6.55. The largest absolute Gasteiger partial charge is 0.378 e. The molecule has 19 heavy (non-hydrogen) atoms. The van der Waals surface area contributed by atoms with E-state index >= 15 is 0 Å². The van der Waals surface area contributed by atoms with Crippen molar-refractivity contribution in [3.63, 3.8) is 0 Å². The number of hydrogen-bond acceptors (Lipinski definition) is 2. The molecule has 0 fully saturated rings. The minimum absolute atomic E-state index is 0.0150. The lowest BCUT2D eigenvalue weighted by Gasteiger charge is -2.25. The number of nitrogens with one attached hydrogen (secondary N) is 1. The van der Waals surface area contributed by atoms with Crippen molar-refractivity contribution < 1.29 is 4.79 Å². The van der Waals surface area contributed by atoms with Crippen LogP contribution in [0.15, 0.2) is 48.6 Å². The van der Waals surface area contributed by atoms with E-state index in [1.165, 1.54) is 22.0 Å². The van der Waals surface area contributed by atoms with E-state index in [4.69, 9.17) is 0 Å². The maximum absolute atomic E-state index is 10.5. The highest BCUT2D eigenvalue weighted by atomic mass is 16.1. The van der Waals surface area contributed by atoms with Crippen molar-refractivity contribution in [3.8, 4) is 0 Å². The summed E-state index contributed by atoms with van der Waals surface area (Å²) in [6.07, 6.45) is 4.35. The number of carbonyl (C=O) groups is 1. The van der Waals surface area contributed by atoms with Crippen LogP contribution in [0.3, 0.4) is 0 Å². The monoisotopic (exact) mass is 251 g/mol. The lowest BCUT2D eigenvalue weighted by Crippen LogP contribution is -2.31. The molecule has 0 spiro atoms. The third-order valence-corrected chi connectivity index (χ3v) is 4.05. The van der Waals surface area contributed by atoms with Gasteiger partial charge in [0.2, 0.25) is 0 Å². The van der Waals surface area contributed by atoms with Crippen LogP contribution in [-0.2, 0) is 10.2 Å². The van der Waals surface area contributed by atoms with Gasteiger partial charge in [0.15, 0.2) is 0 Å². The Morgan fingerprint density at radius 1 is 1.16 bits per heavy atom. The summed E-state index contributed by atoms with van der Waals surface area (Å²) in [6, 6.07) is 13.0. The highest BCUT2D eigenvalue weighted by Crippen LogP contribution is 2.43. The highest BCUT2D eigenvalue weighted by molar-refractivity contribution is 5.89. The smallest absolute Gasteiger partial charge is 0.142 e. The molecule has 2 aromatic rings. The average molecular weight is 251 g/mol. The fourth-order valence-corrected chi connectivity index (χ4v) is 2.85. The van der Waals surface area contributed by atoms with Crippen LogP contribution < -0.4 is 5.32 Å². The first-order valence-electron chi connectivity index (χ1n) is 6.55. The van der Waals surface area contributed by atoms with Crippen LogP contribution in [0.4, 0.5) is 5.69 Å². The van der Waals surface area contributed by atoms with Crippen LogP contribution in [0.2, 0.25) is 0 Å². The molecule has 1 aliphatic rings. The van der Waals surface area contributed by atoms with Gasteiger partial charge in [-0.2, -0.15) is 0 Å². The number of benzene rings is 2. The molecule has 0 bridgehead atoms. The van der Waals surface area contributed by atoms with Crippen molar-refractivity contribution in [1.29, 1.82) is 0 Å². The Morgan fingerprint density at radius 3 is 2.53 bits per heavy atom. The van der Waals surface area contributed by atoms with Gasteiger partial charge in [0.1, 0.15) is 6.29 Å². The average Bonchev–Trinajstić information content (AvgIpc) is 2.65. The number of aldehydes is 1. The number of rotatable bonds is 2. The van der Waals surface area contributed by atoms with Gasteiger partial charge in [-0.15, -0.1) is 0 Å². The van der Waals surface area contributed by atoms with Gasteiger partial charge in [-0.1, -0.05) is 44.2 Å². The van der Waals surface area contributed by atoms with Gasteiger partial charge in [0, 0.05) is 11.1 Å². The SMILES string of the molecule is CC1(C)c2cc3ccccc3cc2NC1C=CC=O. The van der Waals surface area contributed by atoms with Gasteiger partial charge in [0.05, 0.1) is 6.04 Å². The molecular weight excluding hydrogens is 234 g/mol. The van der Waals surface area contributed by atoms with E-state index in [2.05, 4.69) is 55.6 Å². The predicted molar refractivity (Wildman–Crippen MR) is 79.6 cm³/mol. The fourth-order valence-electron chi connectivity index (χ4n) is 2.85. The molecule has 0 saturated heterocycles. The first-order chi connectivity index (χ1) is 9.13. The van der Waals surface area contributed by atoms with Crippen LogP contribution in [0.1, 0.15) is 19.4 Å². The van der Waals surface area contributed by atoms with Crippen molar-refractivity contribution in [2.75, 3.05) is 5.32 Å². The van der Waals surface area contributed by atoms with Gasteiger partial charge in [0.25, 0.3) is 0 Å². The Bertz CT molecular complexity index is 670. The predicted octanol–water partition coefficient (Wildman–Crippen LogP) is 3.67. The van der Waals surface area contributed by atoms with Crippen LogP contribution >= 0.6 is 0 Å². The molecule has 1 atom stereocenters. The summed E-state index contributed by atoms with van der Waals surface area (Å²) in [5, 5.41) is 6.01. The summed E-state index contributed by atoms with van der Waals surface area (Å²) in [4.78, 5) is 10.5. The molecule has 0 radical (unpaired) electrons. The minimum atomic E-state index is -0.0150. The van der Waals surface area contributed by atoms with E-state index < -0.39 is 0 Å². The molecule has 0 aromatic heterocycles. The molecule has 1 heterocycles. The zero-order valence-corrected chi connectivity index (χ0v) is 11.2. The number of anilines is 1. The second-order valence-electron chi connectivity index (χ2n) is 5.61. The van der Waals surface area contributed by atoms with Crippen molar-refractivity contribution in [2.24, 2.45) is 0 Å². The molecule has 1 N–H and O–H groups in total. The molecule has 96 valence electrons. The van der Waals surface area contributed by atoms with Crippen LogP contribution in [0, 0.1) is 0 Å². The Labute approximate surface area is 113 Å². The van der Waals surface area contributed by atoms with E-state index in [1.54, 1.807) is 6.08 Å². The van der Waals surface area contributed by atoms with Crippen molar-refractivity contribution in [2.45, 2.75) is 25.3 Å². The zero-order chi connectivity index (χ0) is 13.5. The van der Waals surface area contributed by atoms with E-state index in [0.717, 1.165) is 6.29 Å². The molecular formula is C17H17NO. The molecule has 3 rings (SSSR count). The number of carbonyl (C=O) groups excluding carboxylic acids is 1. The molecule has 0 amide bonds. The molecule has 1 aliphatic heterocycles. The highest BCUT2D eigenvalue weighted by Gasteiger charge is 2.37. The summed E-state index contributed by atoms with van der Waals surface area (Å²) in [5.41, 5.74) is 2.47. The maximum Gasteiger partial charge on any atom is 0.142 e. The van der Waals surface area contributed by atoms with Gasteiger partial charge >= 0.3 is 0 Å². The van der Waals surface area contributed by atoms with Gasteiger partial charge < -0.3 is 5.32 Å². The molecule has 2 aromatic carbocycles. The quantitative estimate of drug-likeness (QED) is 0.652. The standard InChI is InChI=1S/C17H17NO/c1-17(2)14-10-12-6-3-4-7-13(12)11-15(14)18-16(17)8-5-9-19/h3-11,16,18H,1-2H3. The Hall–Kier alpha value is -2.09. The lowest BCUT2D eigenvalue weighted by atomic mass is 9.80.